The second-order valence-electron chi connectivity index (χ2n) is 4.68. The molecule has 2 N–H and O–H groups in total. The molecule has 0 aromatic heterocycles. The predicted molar refractivity (Wildman–Crippen MR) is 67.4 cm³/mol. The lowest BCUT2D eigenvalue weighted by Gasteiger charge is -2.44. The molecule has 0 amide bonds. The lowest BCUT2D eigenvalue weighted by Crippen LogP contribution is -2.62. The number of carbonyl (C=O) groups is 1. The summed E-state index contributed by atoms with van der Waals surface area (Å²) in [6.07, 6.45) is 0.480. The third-order valence-electron chi connectivity index (χ3n) is 3.32. The summed E-state index contributed by atoms with van der Waals surface area (Å²) in [7, 11) is -3.73. The van der Waals surface area contributed by atoms with Crippen LogP contribution < -0.4 is 0 Å². The van der Waals surface area contributed by atoms with Crippen LogP contribution in [0.25, 0.3) is 0 Å². The molecule has 0 atom stereocenters. The molecule has 6 nitrogen and oxygen atoms in total. The zero-order valence-corrected chi connectivity index (χ0v) is 11.2. The highest BCUT2D eigenvalue weighted by Gasteiger charge is 2.46. The van der Waals surface area contributed by atoms with Crippen LogP contribution in [0.1, 0.15) is 23.7 Å². The first-order valence-electron chi connectivity index (χ1n) is 5.84. The number of aromatic carboxylic acids is 1. The molecule has 104 valence electrons. The predicted octanol–water partition coefficient (Wildman–Crippen LogP) is 0.530. The summed E-state index contributed by atoms with van der Waals surface area (Å²) in [6.45, 7) is 1.88. The summed E-state index contributed by atoms with van der Waals surface area (Å²) in [4.78, 5) is 10.8. The Hall–Kier alpha value is -1.44. The Labute approximate surface area is 111 Å². The maximum Gasteiger partial charge on any atom is 0.335 e. The highest BCUT2D eigenvalue weighted by Crippen LogP contribution is 2.30. The summed E-state index contributed by atoms with van der Waals surface area (Å²) in [5.41, 5.74) is -1.04. The molecule has 19 heavy (non-hydrogen) atoms. The second-order valence-corrected chi connectivity index (χ2v) is 6.62. The number of hydrogen-bond donors (Lipinski definition) is 2. The van der Waals surface area contributed by atoms with Gasteiger partial charge in [-0.3, -0.25) is 0 Å². The first-order chi connectivity index (χ1) is 8.78. The van der Waals surface area contributed by atoms with E-state index in [1.807, 2.05) is 0 Å². The smallest absolute Gasteiger partial charge is 0.335 e. The molecule has 1 fully saturated rings. The molecule has 1 heterocycles. The summed E-state index contributed by atoms with van der Waals surface area (Å²) >= 11 is 0. The molecule has 0 unspecified atom stereocenters. The van der Waals surface area contributed by atoms with Crippen molar-refractivity contribution in [2.45, 2.75) is 23.8 Å². The van der Waals surface area contributed by atoms with Gasteiger partial charge in [0.15, 0.2) is 0 Å². The fourth-order valence-corrected chi connectivity index (χ4v) is 3.59. The molecule has 0 spiro atoms. The quantitative estimate of drug-likeness (QED) is 0.841. The van der Waals surface area contributed by atoms with Crippen molar-refractivity contribution in [1.82, 2.24) is 4.31 Å². The van der Waals surface area contributed by atoms with Crippen molar-refractivity contribution in [3.05, 3.63) is 29.8 Å². The van der Waals surface area contributed by atoms with E-state index in [1.54, 1.807) is 6.92 Å². The SMILES string of the molecule is CCC1(O)CN(S(=O)(=O)c2cccc(C(=O)O)c2)C1. The minimum absolute atomic E-state index is 0.0448. The van der Waals surface area contributed by atoms with Crippen LogP contribution in [0.5, 0.6) is 0 Å². The monoisotopic (exact) mass is 285 g/mol. The maximum absolute atomic E-state index is 12.2. The van der Waals surface area contributed by atoms with Crippen molar-refractivity contribution < 1.29 is 23.4 Å². The van der Waals surface area contributed by atoms with Crippen molar-refractivity contribution in [2.75, 3.05) is 13.1 Å². The van der Waals surface area contributed by atoms with Crippen LogP contribution in [0.4, 0.5) is 0 Å². The van der Waals surface area contributed by atoms with Crippen LogP contribution in [-0.2, 0) is 10.0 Å². The van der Waals surface area contributed by atoms with E-state index in [4.69, 9.17) is 5.11 Å². The highest BCUT2D eigenvalue weighted by atomic mass is 32.2. The summed E-state index contributed by atoms with van der Waals surface area (Å²) in [5.74, 6) is -1.18. The molecule has 2 rings (SSSR count). The summed E-state index contributed by atoms with van der Waals surface area (Å²) in [5, 5.41) is 18.7. The first kappa shape index (κ1) is 14.0. The molecule has 0 aliphatic carbocycles. The first-order valence-corrected chi connectivity index (χ1v) is 7.28. The molecule has 1 saturated heterocycles. The zero-order chi connectivity index (χ0) is 14.3. The van der Waals surface area contributed by atoms with Gasteiger partial charge < -0.3 is 10.2 Å². The van der Waals surface area contributed by atoms with Gasteiger partial charge in [0.25, 0.3) is 0 Å². The molecule has 7 heteroatoms. The largest absolute Gasteiger partial charge is 0.478 e. The van der Waals surface area contributed by atoms with Gasteiger partial charge in [0.2, 0.25) is 10.0 Å². The minimum atomic E-state index is -3.73. The minimum Gasteiger partial charge on any atom is -0.478 e. The lowest BCUT2D eigenvalue weighted by molar-refractivity contribution is -0.0613. The lowest BCUT2D eigenvalue weighted by atomic mass is 9.94. The van der Waals surface area contributed by atoms with Gasteiger partial charge >= 0.3 is 5.97 Å². The maximum atomic E-state index is 12.2. The van der Waals surface area contributed by atoms with Gasteiger partial charge in [-0.1, -0.05) is 13.0 Å². The van der Waals surface area contributed by atoms with Crippen LogP contribution >= 0.6 is 0 Å². The number of carboxylic acid groups (broad SMARTS) is 1. The van der Waals surface area contributed by atoms with Crippen LogP contribution in [0.2, 0.25) is 0 Å². The fraction of sp³-hybridized carbons (Fsp3) is 0.417. The summed E-state index contributed by atoms with van der Waals surface area (Å²) in [6, 6.07) is 5.20. The molecular weight excluding hydrogens is 270 g/mol. The number of sulfonamides is 1. The third-order valence-corrected chi connectivity index (χ3v) is 5.11. The third kappa shape index (κ3) is 2.49. The second kappa shape index (κ2) is 4.59. The van der Waals surface area contributed by atoms with Gasteiger partial charge in [-0.2, -0.15) is 4.31 Å². The van der Waals surface area contributed by atoms with Crippen molar-refractivity contribution in [2.24, 2.45) is 0 Å². The topological polar surface area (TPSA) is 94.9 Å². The summed E-state index contributed by atoms with van der Waals surface area (Å²) < 4.78 is 25.6. The van der Waals surface area contributed by atoms with Crippen LogP contribution in [0.3, 0.4) is 0 Å². The fourth-order valence-electron chi connectivity index (χ4n) is 1.94. The van der Waals surface area contributed by atoms with Crippen LogP contribution in [-0.4, -0.2) is 47.6 Å². The molecule has 0 bridgehead atoms. The van der Waals surface area contributed by atoms with E-state index in [0.29, 0.717) is 6.42 Å². The normalized spacial score (nSPS) is 18.8. The molecule has 1 aromatic rings. The van der Waals surface area contributed by atoms with E-state index in [-0.39, 0.29) is 23.5 Å². The molecule has 1 aliphatic rings. The average molecular weight is 285 g/mol. The average Bonchev–Trinajstić information content (AvgIpc) is 2.35. The number of aliphatic hydroxyl groups is 1. The van der Waals surface area contributed by atoms with Crippen molar-refractivity contribution in [3.8, 4) is 0 Å². The Morgan fingerprint density at radius 3 is 2.58 bits per heavy atom. The number of benzene rings is 1. The van der Waals surface area contributed by atoms with E-state index in [1.165, 1.54) is 18.2 Å². The van der Waals surface area contributed by atoms with E-state index in [2.05, 4.69) is 0 Å². The molecule has 0 saturated carbocycles. The van der Waals surface area contributed by atoms with E-state index in [0.717, 1.165) is 10.4 Å². The van der Waals surface area contributed by atoms with Crippen molar-refractivity contribution in [3.63, 3.8) is 0 Å². The van der Waals surface area contributed by atoms with E-state index >= 15 is 0 Å². The van der Waals surface area contributed by atoms with E-state index in [9.17, 15) is 18.3 Å². The van der Waals surface area contributed by atoms with Gasteiger partial charge in [0.05, 0.1) is 16.1 Å². The van der Waals surface area contributed by atoms with Crippen LogP contribution in [0.15, 0.2) is 29.2 Å². The van der Waals surface area contributed by atoms with Crippen LogP contribution in [0, 0.1) is 0 Å². The molecule has 1 aromatic carbocycles. The number of hydrogen-bond acceptors (Lipinski definition) is 4. The zero-order valence-electron chi connectivity index (χ0n) is 10.4. The highest BCUT2D eigenvalue weighted by molar-refractivity contribution is 7.89. The van der Waals surface area contributed by atoms with E-state index < -0.39 is 21.6 Å². The number of carboxylic acids is 1. The van der Waals surface area contributed by atoms with Gasteiger partial charge in [0, 0.05) is 13.1 Å². The van der Waals surface area contributed by atoms with Gasteiger partial charge in [-0.25, -0.2) is 13.2 Å². The number of nitrogens with zero attached hydrogens (tertiary/aromatic N) is 1. The Balaban J connectivity index is 2.27. The Bertz CT molecular complexity index is 604. The standard InChI is InChI=1S/C12H15NO5S/c1-2-12(16)7-13(8-12)19(17,18)10-5-3-4-9(6-10)11(14)15/h3-6,16H,2,7-8H2,1H3,(H,14,15). The van der Waals surface area contributed by atoms with Gasteiger partial charge in [0.1, 0.15) is 0 Å². The molecule has 0 radical (unpaired) electrons. The molecular formula is C12H15NO5S. The van der Waals surface area contributed by atoms with Gasteiger partial charge in [-0.15, -0.1) is 0 Å². The number of β-amino-alcohol motifs (C(OH)–C–C–N with tert-alkyl or cyclic N) is 1. The Kier molecular flexibility index (Phi) is 3.38. The Morgan fingerprint density at radius 1 is 1.42 bits per heavy atom. The van der Waals surface area contributed by atoms with Crippen molar-refractivity contribution in [1.29, 1.82) is 0 Å². The van der Waals surface area contributed by atoms with Crippen molar-refractivity contribution >= 4 is 16.0 Å². The molecule has 1 aliphatic heterocycles. The Morgan fingerprint density at radius 2 is 2.05 bits per heavy atom. The van der Waals surface area contributed by atoms with Gasteiger partial charge in [-0.05, 0) is 24.6 Å². The number of rotatable bonds is 4.